The Bertz CT molecular complexity index is 1160. The summed E-state index contributed by atoms with van der Waals surface area (Å²) in [5.41, 5.74) is 2.79. The number of aliphatic imine (C=N–C) groups is 1. The monoisotopic (exact) mass is 611 g/mol. The van der Waals surface area contributed by atoms with Gasteiger partial charge in [-0.3, -0.25) is 19.4 Å². The van der Waals surface area contributed by atoms with Crippen molar-refractivity contribution in [2.24, 2.45) is 10.9 Å². The van der Waals surface area contributed by atoms with E-state index < -0.39 is 11.6 Å². The Morgan fingerprint density at radius 1 is 1.10 bits per heavy atom. The fraction of sp³-hybridized carbons (Fsp3) is 0.500. The first-order chi connectivity index (χ1) is 19.1. The van der Waals surface area contributed by atoms with E-state index in [9.17, 15) is 14.4 Å². The number of carboxylic acids is 1. The van der Waals surface area contributed by atoms with E-state index >= 15 is 0 Å². The minimum atomic E-state index is -0.956. The zero-order valence-electron chi connectivity index (χ0n) is 23.9. The summed E-state index contributed by atoms with van der Waals surface area (Å²) in [6, 6.07) is 7.16. The van der Waals surface area contributed by atoms with Gasteiger partial charge in [0, 0.05) is 22.3 Å². The molecule has 2 aliphatic rings. The fourth-order valence-corrected chi connectivity index (χ4v) is 5.77. The number of rotatable bonds is 13. The van der Waals surface area contributed by atoms with Gasteiger partial charge in [0.25, 0.3) is 5.91 Å². The van der Waals surface area contributed by atoms with Crippen LogP contribution in [0.3, 0.4) is 0 Å². The molecule has 40 heavy (non-hydrogen) atoms. The van der Waals surface area contributed by atoms with Crippen LogP contribution in [0.25, 0.3) is 0 Å². The lowest BCUT2D eigenvalue weighted by Gasteiger charge is -2.46. The van der Waals surface area contributed by atoms with Gasteiger partial charge in [-0.15, -0.1) is 0 Å². The van der Waals surface area contributed by atoms with Crippen molar-refractivity contribution in [3.63, 3.8) is 0 Å². The minimum absolute atomic E-state index is 0.0738. The van der Waals surface area contributed by atoms with Crippen LogP contribution in [0.5, 0.6) is 0 Å². The molecule has 0 bridgehead atoms. The molecule has 1 aromatic carbocycles. The summed E-state index contributed by atoms with van der Waals surface area (Å²) in [7, 11) is 0. The van der Waals surface area contributed by atoms with E-state index in [1.54, 1.807) is 12.1 Å². The summed E-state index contributed by atoms with van der Waals surface area (Å²) in [5, 5.41) is 11.5. The normalized spacial score (nSPS) is 17.9. The molecule has 0 radical (unpaired) electrons. The van der Waals surface area contributed by atoms with Crippen LogP contribution in [0, 0.1) is 5.92 Å². The molecule has 0 unspecified atom stereocenters. The second kappa shape index (κ2) is 15.1. The Morgan fingerprint density at radius 3 is 2.42 bits per heavy atom. The van der Waals surface area contributed by atoms with Gasteiger partial charge in [-0.2, -0.15) is 0 Å². The SMILES string of the molecule is C/C(=N\C1(N(C=O)[C@H](CCC(C)C)c2ccc(C(=O)NCCC(=O)O)cc2)CCCCC1)C1=CCC=C(Br)C=C1. The fourth-order valence-electron chi connectivity index (χ4n) is 5.46. The van der Waals surface area contributed by atoms with E-state index in [0.29, 0.717) is 11.5 Å². The number of amides is 2. The van der Waals surface area contributed by atoms with Crippen LogP contribution in [-0.4, -0.2) is 46.2 Å². The van der Waals surface area contributed by atoms with Crippen LogP contribution in [0.4, 0.5) is 0 Å². The zero-order valence-corrected chi connectivity index (χ0v) is 25.5. The lowest BCUT2D eigenvalue weighted by atomic mass is 9.84. The first-order valence-electron chi connectivity index (χ1n) is 14.3. The molecule has 7 nitrogen and oxygen atoms in total. The van der Waals surface area contributed by atoms with Crippen LogP contribution >= 0.6 is 15.9 Å². The smallest absolute Gasteiger partial charge is 0.305 e. The van der Waals surface area contributed by atoms with Gasteiger partial charge in [0.05, 0.1) is 12.5 Å². The molecule has 0 spiro atoms. The Kier molecular flexibility index (Phi) is 11.9. The molecule has 1 atom stereocenters. The van der Waals surface area contributed by atoms with Crippen molar-refractivity contribution in [3.05, 3.63) is 69.8 Å². The number of hydrogen-bond acceptors (Lipinski definition) is 4. The number of aliphatic carboxylic acids is 1. The lowest BCUT2D eigenvalue weighted by Crippen LogP contribution is -2.50. The molecule has 0 aromatic heterocycles. The van der Waals surface area contributed by atoms with Crippen molar-refractivity contribution in [3.8, 4) is 0 Å². The van der Waals surface area contributed by atoms with Gasteiger partial charge in [0.1, 0.15) is 5.66 Å². The molecule has 1 fully saturated rings. The topological polar surface area (TPSA) is 99.1 Å². The third-order valence-electron chi connectivity index (χ3n) is 7.65. The quantitative estimate of drug-likeness (QED) is 0.183. The molecule has 3 rings (SSSR count). The molecular formula is C32H42BrN3O4. The van der Waals surface area contributed by atoms with E-state index in [1.807, 2.05) is 30.0 Å². The number of halogens is 1. The average molecular weight is 613 g/mol. The number of nitrogens with one attached hydrogen (secondary N) is 1. The first-order valence-corrected chi connectivity index (χ1v) is 15.1. The summed E-state index contributed by atoms with van der Waals surface area (Å²) in [5.74, 6) is -0.799. The predicted molar refractivity (Wildman–Crippen MR) is 164 cm³/mol. The van der Waals surface area contributed by atoms with Crippen molar-refractivity contribution in [1.29, 1.82) is 0 Å². The highest BCUT2D eigenvalue weighted by atomic mass is 79.9. The van der Waals surface area contributed by atoms with Crippen LogP contribution in [0.15, 0.2) is 63.6 Å². The largest absolute Gasteiger partial charge is 0.481 e. The van der Waals surface area contributed by atoms with Crippen LogP contribution in [-0.2, 0) is 9.59 Å². The molecule has 0 saturated heterocycles. The van der Waals surface area contributed by atoms with E-state index in [-0.39, 0.29) is 24.9 Å². The molecule has 2 amide bonds. The number of carbonyl (C=O) groups is 3. The molecule has 1 aromatic rings. The van der Waals surface area contributed by atoms with E-state index in [4.69, 9.17) is 10.1 Å². The number of allylic oxidation sites excluding steroid dienone is 6. The van der Waals surface area contributed by atoms with E-state index in [0.717, 1.165) is 79.1 Å². The Balaban J connectivity index is 1.95. The number of nitrogens with zero attached hydrogens (tertiary/aromatic N) is 2. The van der Waals surface area contributed by atoms with Gasteiger partial charge in [-0.05, 0) is 87.1 Å². The van der Waals surface area contributed by atoms with Crippen LogP contribution in [0.2, 0.25) is 0 Å². The van der Waals surface area contributed by atoms with Crippen LogP contribution < -0.4 is 5.32 Å². The maximum Gasteiger partial charge on any atom is 0.305 e. The van der Waals surface area contributed by atoms with Crippen molar-refractivity contribution in [2.75, 3.05) is 6.54 Å². The maximum atomic E-state index is 13.0. The molecule has 1 saturated carbocycles. The summed E-state index contributed by atoms with van der Waals surface area (Å²) in [4.78, 5) is 43.6. The lowest BCUT2D eigenvalue weighted by molar-refractivity contribution is -0.136. The standard InChI is InChI=1S/C32H42BrN3O4/c1-23(2)10-17-29(26-11-13-27(14-12-26)31(40)34-21-18-30(38)39)36(22-37)32(19-5-4-6-20-32)35-24(3)25-8-7-9-28(33)16-15-25/h8-9,11-16,22-23,29H,4-7,10,17-21H2,1-3H3,(H,34,40)(H,38,39)/b35-24+/t29-/m1/s1. The third kappa shape index (κ3) is 8.75. The van der Waals surface area contributed by atoms with Gasteiger partial charge in [0.2, 0.25) is 6.41 Å². The highest BCUT2D eigenvalue weighted by Crippen LogP contribution is 2.41. The van der Waals surface area contributed by atoms with Crippen molar-refractivity contribution in [1.82, 2.24) is 10.2 Å². The minimum Gasteiger partial charge on any atom is -0.481 e. The Hall–Kier alpha value is -3.00. The first kappa shape index (κ1) is 31.5. The second-order valence-corrected chi connectivity index (χ2v) is 12.0. The Morgan fingerprint density at radius 2 is 1.80 bits per heavy atom. The highest BCUT2D eigenvalue weighted by molar-refractivity contribution is 9.11. The van der Waals surface area contributed by atoms with Gasteiger partial charge in [-0.25, -0.2) is 0 Å². The van der Waals surface area contributed by atoms with Gasteiger partial charge in [0.15, 0.2) is 0 Å². The van der Waals surface area contributed by atoms with Crippen molar-refractivity contribution >= 4 is 39.9 Å². The Labute approximate surface area is 246 Å². The molecule has 8 heteroatoms. The average Bonchev–Trinajstić information content (AvgIpc) is 3.15. The number of hydrogen-bond donors (Lipinski definition) is 2. The third-order valence-corrected chi connectivity index (χ3v) is 8.24. The molecule has 0 aliphatic heterocycles. The second-order valence-electron chi connectivity index (χ2n) is 11.1. The molecule has 216 valence electrons. The number of carbonyl (C=O) groups excluding carboxylic acids is 2. The van der Waals surface area contributed by atoms with Gasteiger partial charge >= 0.3 is 5.97 Å². The number of benzene rings is 1. The summed E-state index contributed by atoms with van der Waals surface area (Å²) in [6.45, 7) is 6.48. The molecular weight excluding hydrogens is 570 g/mol. The predicted octanol–water partition coefficient (Wildman–Crippen LogP) is 7.11. The van der Waals surface area contributed by atoms with E-state index in [1.165, 1.54) is 0 Å². The van der Waals surface area contributed by atoms with Crippen LogP contribution in [0.1, 0.15) is 101 Å². The molecule has 2 aliphatic carbocycles. The number of carboxylic acid groups (broad SMARTS) is 1. The maximum absolute atomic E-state index is 13.0. The molecule has 2 N–H and O–H groups in total. The summed E-state index contributed by atoms with van der Waals surface area (Å²) in [6.07, 6.45) is 16.6. The zero-order chi connectivity index (χ0) is 29.1. The van der Waals surface area contributed by atoms with E-state index in [2.05, 4.69) is 53.3 Å². The van der Waals surface area contributed by atoms with Crippen molar-refractivity contribution in [2.45, 2.75) is 90.3 Å². The van der Waals surface area contributed by atoms with Crippen molar-refractivity contribution < 1.29 is 19.5 Å². The van der Waals surface area contributed by atoms with Gasteiger partial charge < -0.3 is 15.3 Å². The van der Waals surface area contributed by atoms with Gasteiger partial charge in [-0.1, -0.05) is 66.6 Å². The summed E-state index contributed by atoms with van der Waals surface area (Å²) < 4.78 is 1.04. The highest BCUT2D eigenvalue weighted by Gasteiger charge is 2.41. The molecule has 0 heterocycles. The summed E-state index contributed by atoms with van der Waals surface area (Å²) >= 11 is 3.56.